The van der Waals surface area contributed by atoms with Crippen molar-refractivity contribution in [2.45, 2.75) is 30.2 Å². The predicted octanol–water partition coefficient (Wildman–Crippen LogP) is 5.80. The molecule has 0 saturated carbocycles. The number of anilines is 2. The van der Waals surface area contributed by atoms with Crippen LogP contribution in [0.4, 0.5) is 15.9 Å². The van der Waals surface area contributed by atoms with Gasteiger partial charge in [-0.15, -0.1) is 0 Å². The number of halogens is 2. The van der Waals surface area contributed by atoms with E-state index >= 15 is 0 Å². The van der Waals surface area contributed by atoms with Crippen molar-refractivity contribution in [1.29, 1.82) is 0 Å². The first-order valence-corrected chi connectivity index (χ1v) is 11.5. The summed E-state index contributed by atoms with van der Waals surface area (Å²) in [6, 6.07) is 14.9. The molecule has 0 atom stereocenters. The number of carbonyl (C=O) groups is 1. The molecule has 8 heteroatoms. The van der Waals surface area contributed by atoms with Crippen LogP contribution in [-0.2, 0) is 5.75 Å². The zero-order valence-electron chi connectivity index (χ0n) is 16.9. The highest BCUT2D eigenvalue weighted by Crippen LogP contribution is 2.26. The minimum atomic E-state index is -0.344. The van der Waals surface area contributed by atoms with Gasteiger partial charge in [-0.2, -0.15) is 0 Å². The molecular weight excluding hydrogens is 435 g/mol. The maximum atomic E-state index is 13.0. The molecule has 1 N–H and O–H groups in total. The van der Waals surface area contributed by atoms with Gasteiger partial charge < -0.3 is 10.2 Å². The molecule has 0 radical (unpaired) electrons. The van der Waals surface area contributed by atoms with Crippen molar-refractivity contribution in [3.63, 3.8) is 0 Å². The number of benzene rings is 2. The summed E-state index contributed by atoms with van der Waals surface area (Å²) < 4.78 is 13.0. The molecule has 0 bridgehead atoms. The van der Waals surface area contributed by atoms with Gasteiger partial charge in [-0.05, 0) is 61.2 Å². The number of rotatable bonds is 6. The van der Waals surface area contributed by atoms with Crippen LogP contribution in [0.15, 0.2) is 59.8 Å². The van der Waals surface area contributed by atoms with Crippen LogP contribution in [0, 0.1) is 5.82 Å². The summed E-state index contributed by atoms with van der Waals surface area (Å²) in [6.07, 6.45) is 3.58. The van der Waals surface area contributed by atoms with E-state index in [1.54, 1.807) is 6.07 Å². The van der Waals surface area contributed by atoms with Gasteiger partial charge in [-0.3, -0.25) is 4.79 Å². The lowest BCUT2D eigenvalue weighted by atomic mass is 10.1. The smallest absolute Gasteiger partial charge is 0.255 e. The fourth-order valence-electron chi connectivity index (χ4n) is 3.42. The molecule has 3 aromatic rings. The Morgan fingerprint density at radius 3 is 2.61 bits per heavy atom. The molecule has 1 aliphatic heterocycles. The van der Waals surface area contributed by atoms with Crippen LogP contribution >= 0.6 is 23.4 Å². The van der Waals surface area contributed by atoms with Crippen molar-refractivity contribution in [1.82, 2.24) is 9.97 Å². The number of hydrogen-bond donors (Lipinski definition) is 1. The lowest BCUT2D eigenvalue weighted by Crippen LogP contribution is -2.30. The van der Waals surface area contributed by atoms with E-state index < -0.39 is 0 Å². The average Bonchev–Trinajstić information content (AvgIpc) is 2.80. The fourth-order valence-corrected chi connectivity index (χ4v) is 4.45. The van der Waals surface area contributed by atoms with Gasteiger partial charge in [-0.25, -0.2) is 14.4 Å². The largest absolute Gasteiger partial charge is 0.356 e. The number of hydrogen-bond acceptors (Lipinski definition) is 5. The number of carbonyl (C=O) groups excluding carboxylic acids is 1. The van der Waals surface area contributed by atoms with Crippen LogP contribution in [0.25, 0.3) is 0 Å². The minimum absolute atomic E-state index is 0.246. The zero-order chi connectivity index (χ0) is 21.6. The van der Waals surface area contributed by atoms with E-state index in [0.29, 0.717) is 27.3 Å². The first-order valence-electron chi connectivity index (χ1n) is 10.1. The number of nitrogens with one attached hydrogen (secondary N) is 1. The second kappa shape index (κ2) is 10.1. The van der Waals surface area contributed by atoms with Crippen LogP contribution in [0.2, 0.25) is 5.15 Å². The highest BCUT2D eigenvalue weighted by atomic mass is 35.5. The summed E-state index contributed by atoms with van der Waals surface area (Å²) in [7, 11) is 0. The van der Waals surface area contributed by atoms with Crippen LogP contribution in [0.1, 0.15) is 35.2 Å². The van der Waals surface area contributed by atoms with E-state index in [4.69, 9.17) is 11.6 Å². The van der Waals surface area contributed by atoms with Crippen molar-refractivity contribution < 1.29 is 9.18 Å². The van der Waals surface area contributed by atoms with Crippen molar-refractivity contribution >= 4 is 40.8 Å². The summed E-state index contributed by atoms with van der Waals surface area (Å²) >= 11 is 7.72. The van der Waals surface area contributed by atoms with Crippen LogP contribution in [0.5, 0.6) is 0 Å². The molecular formula is C23H22ClFN4OS. The molecule has 1 fully saturated rings. The van der Waals surface area contributed by atoms with E-state index in [-0.39, 0.29) is 11.7 Å². The first-order chi connectivity index (χ1) is 15.1. The summed E-state index contributed by atoms with van der Waals surface area (Å²) in [4.78, 5) is 23.8. The number of aromatic nitrogens is 2. The maximum absolute atomic E-state index is 13.0. The molecule has 5 nitrogen and oxygen atoms in total. The Morgan fingerprint density at radius 2 is 1.84 bits per heavy atom. The second-order valence-electron chi connectivity index (χ2n) is 7.33. The van der Waals surface area contributed by atoms with Crippen molar-refractivity contribution in [2.24, 2.45) is 0 Å². The molecule has 0 aliphatic carbocycles. The Hall–Kier alpha value is -2.64. The molecule has 31 heavy (non-hydrogen) atoms. The Bertz CT molecular complexity index is 1060. The standard InChI is InChI=1S/C23H22ClFN4OS/c24-20-14-21(29-11-2-1-3-12-29)28-23(27-20)31-15-16-5-4-6-17(13-16)22(30)26-19-9-7-18(25)8-10-19/h4-10,13-14H,1-3,11-12,15H2,(H,26,30). The predicted molar refractivity (Wildman–Crippen MR) is 123 cm³/mol. The molecule has 1 aromatic heterocycles. The maximum Gasteiger partial charge on any atom is 0.255 e. The molecule has 1 amide bonds. The molecule has 2 heterocycles. The minimum Gasteiger partial charge on any atom is -0.356 e. The third-order valence-electron chi connectivity index (χ3n) is 5.00. The SMILES string of the molecule is O=C(Nc1ccc(F)cc1)c1cccc(CSc2nc(Cl)cc(N3CCCCC3)n2)c1. The monoisotopic (exact) mass is 456 g/mol. The third kappa shape index (κ3) is 5.95. The summed E-state index contributed by atoms with van der Waals surface area (Å²) in [5.74, 6) is 0.889. The summed E-state index contributed by atoms with van der Waals surface area (Å²) in [5.41, 5.74) is 2.05. The van der Waals surface area contributed by atoms with Gasteiger partial charge in [0, 0.05) is 36.2 Å². The number of amides is 1. The van der Waals surface area contributed by atoms with E-state index in [2.05, 4.69) is 20.2 Å². The first kappa shape index (κ1) is 21.6. The molecule has 0 spiro atoms. The zero-order valence-corrected chi connectivity index (χ0v) is 18.4. The molecule has 1 aliphatic rings. The fraction of sp³-hybridized carbons (Fsp3) is 0.261. The van der Waals surface area contributed by atoms with Gasteiger partial charge in [0.25, 0.3) is 5.91 Å². The number of thioether (sulfide) groups is 1. The molecule has 160 valence electrons. The normalized spacial score (nSPS) is 13.8. The van der Waals surface area contributed by atoms with Crippen LogP contribution < -0.4 is 10.2 Å². The van der Waals surface area contributed by atoms with Crippen LogP contribution in [-0.4, -0.2) is 29.0 Å². The van der Waals surface area contributed by atoms with Gasteiger partial charge >= 0.3 is 0 Å². The highest BCUT2D eigenvalue weighted by molar-refractivity contribution is 7.98. The van der Waals surface area contributed by atoms with Gasteiger partial charge in [0.15, 0.2) is 5.16 Å². The van der Waals surface area contributed by atoms with Crippen LogP contribution in [0.3, 0.4) is 0 Å². The topological polar surface area (TPSA) is 58.1 Å². The Kier molecular flexibility index (Phi) is 7.04. The van der Waals surface area contributed by atoms with Crippen molar-refractivity contribution in [3.05, 3.63) is 76.7 Å². The van der Waals surface area contributed by atoms with E-state index in [1.165, 1.54) is 42.4 Å². The third-order valence-corrected chi connectivity index (χ3v) is 6.11. The van der Waals surface area contributed by atoms with Gasteiger partial charge in [0.2, 0.25) is 0 Å². The summed E-state index contributed by atoms with van der Waals surface area (Å²) in [5, 5.41) is 3.83. The number of nitrogens with zero attached hydrogens (tertiary/aromatic N) is 3. The van der Waals surface area contributed by atoms with E-state index in [0.717, 1.165) is 37.3 Å². The van der Waals surface area contributed by atoms with E-state index in [1.807, 2.05) is 24.3 Å². The molecule has 4 rings (SSSR count). The second-order valence-corrected chi connectivity index (χ2v) is 8.66. The van der Waals surface area contributed by atoms with E-state index in [9.17, 15) is 9.18 Å². The van der Waals surface area contributed by atoms with Gasteiger partial charge in [0.1, 0.15) is 16.8 Å². The quantitative estimate of drug-likeness (QED) is 0.288. The van der Waals surface area contributed by atoms with Gasteiger partial charge in [-0.1, -0.05) is 35.5 Å². The Morgan fingerprint density at radius 1 is 1.06 bits per heavy atom. The summed E-state index contributed by atoms with van der Waals surface area (Å²) in [6.45, 7) is 1.98. The molecule has 1 saturated heterocycles. The van der Waals surface area contributed by atoms with Crippen molar-refractivity contribution in [3.8, 4) is 0 Å². The van der Waals surface area contributed by atoms with Crippen molar-refractivity contribution in [2.75, 3.05) is 23.3 Å². The lowest BCUT2D eigenvalue weighted by Gasteiger charge is -2.27. The highest BCUT2D eigenvalue weighted by Gasteiger charge is 2.15. The lowest BCUT2D eigenvalue weighted by molar-refractivity contribution is 0.102. The Balaban J connectivity index is 1.41. The Labute approximate surface area is 190 Å². The number of piperidine rings is 1. The average molecular weight is 457 g/mol. The molecule has 2 aromatic carbocycles. The van der Waals surface area contributed by atoms with Gasteiger partial charge in [0.05, 0.1) is 0 Å². The molecule has 0 unspecified atom stereocenters.